The van der Waals surface area contributed by atoms with Crippen LogP contribution in [0.15, 0.2) is 24.3 Å². The van der Waals surface area contributed by atoms with Crippen LogP contribution < -0.4 is 5.32 Å². The summed E-state index contributed by atoms with van der Waals surface area (Å²) in [5.74, 6) is 0.0638. The summed E-state index contributed by atoms with van der Waals surface area (Å²) in [7, 11) is 0. The maximum atomic E-state index is 11.7. The predicted octanol–water partition coefficient (Wildman–Crippen LogP) is 2.69. The van der Waals surface area contributed by atoms with Crippen molar-refractivity contribution in [3.63, 3.8) is 0 Å². The van der Waals surface area contributed by atoms with Gasteiger partial charge in [0.15, 0.2) is 0 Å². The number of amides is 1. The van der Waals surface area contributed by atoms with Gasteiger partial charge in [0.05, 0.1) is 6.54 Å². The van der Waals surface area contributed by atoms with Crippen molar-refractivity contribution in [2.75, 3.05) is 13.1 Å². The van der Waals surface area contributed by atoms with E-state index in [0.29, 0.717) is 6.54 Å². The van der Waals surface area contributed by atoms with Gasteiger partial charge in [-0.05, 0) is 38.1 Å². The lowest BCUT2D eigenvalue weighted by Gasteiger charge is -2.20. The molecule has 0 atom stereocenters. The molecule has 1 aromatic rings. The van der Waals surface area contributed by atoms with E-state index in [1.807, 2.05) is 45.0 Å². The Bertz CT molecular complexity index is 393. The molecule has 0 heterocycles. The number of hydrogen-bond acceptors (Lipinski definition) is 2. The SMILES string of the molecule is CCN(CC(=O)NC(C)C)Cc1cccc(Cl)c1. The van der Waals surface area contributed by atoms with Gasteiger partial charge in [0, 0.05) is 17.6 Å². The molecule has 1 rings (SSSR count). The lowest BCUT2D eigenvalue weighted by Crippen LogP contribution is -2.39. The molecule has 1 aromatic carbocycles. The molecular formula is C14H21ClN2O. The topological polar surface area (TPSA) is 32.3 Å². The van der Waals surface area contributed by atoms with Gasteiger partial charge >= 0.3 is 0 Å². The van der Waals surface area contributed by atoms with Gasteiger partial charge in [-0.2, -0.15) is 0 Å². The standard InChI is InChI=1S/C14H21ClN2O/c1-4-17(10-14(18)16-11(2)3)9-12-6-5-7-13(15)8-12/h5-8,11H,4,9-10H2,1-3H3,(H,16,18). The fraction of sp³-hybridized carbons (Fsp3) is 0.500. The van der Waals surface area contributed by atoms with Crippen molar-refractivity contribution in [2.24, 2.45) is 0 Å². The molecule has 0 aromatic heterocycles. The predicted molar refractivity (Wildman–Crippen MR) is 75.7 cm³/mol. The molecule has 1 amide bonds. The molecule has 18 heavy (non-hydrogen) atoms. The van der Waals surface area contributed by atoms with Crippen molar-refractivity contribution in [3.8, 4) is 0 Å². The Morgan fingerprint density at radius 3 is 2.72 bits per heavy atom. The lowest BCUT2D eigenvalue weighted by atomic mass is 10.2. The zero-order chi connectivity index (χ0) is 13.5. The third-order valence-corrected chi connectivity index (χ3v) is 2.79. The van der Waals surface area contributed by atoms with Gasteiger partial charge in [0.1, 0.15) is 0 Å². The fourth-order valence-corrected chi connectivity index (χ4v) is 1.96. The van der Waals surface area contributed by atoms with E-state index < -0.39 is 0 Å². The van der Waals surface area contributed by atoms with E-state index in [1.54, 1.807) is 0 Å². The Morgan fingerprint density at radius 2 is 2.17 bits per heavy atom. The number of nitrogens with one attached hydrogen (secondary N) is 1. The van der Waals surface area contributed by atoms with Crippen LogP contribution in [0.5, 0.6) is 0 Å². The summed E-state index contributed by atoms with van der Waals surface area (Å²) in [5.41, 5.74) is 1.13. The first-order valence-corrected chi connectivity index (χ1v) is 6.65. The molecular weight excluding hydrogens is 248 g/mol. The highest BCUT2D eigenvalue weighted by molar-refractivity contribution is 6.30. The van der Waals surface area contributed by atoms with Gasteiger partial charge in [0.2, 0.25) is 5.91 Å². The minimum absolute atomic E-state index is 0.0638. The van der Waals surface area contributed by atoms with Crippen LogP contribution in [0, 0.1) is 0 Å². The van der Waals surface area contributed by atoms with Crippen molar-refractivity contribution < 1.29 is 4.79 Å². The number of rotatable bonds is 6. The Balaban J connectivity index is 2.54. The first-order valence-electron chi connectivity index (χ1n) is 6.27. The van der Waals surface area contributed by atoms with Crippen LogP contribution in [-0.4, -0.2) is 29.9 Å². The van der Waals surface area contributed by atoms with Crippen molar-refractivity contribution in [1.82, 2.24) is 10.2 Å². The number of carbonyl (C=O) groups excluding carboxylic acids is 1. The largest absolute Gasteiger partial charge is 0.353 e. The van der Waals surface area contributed by atoms with Crippen LogP contribution in [0.2, 0.25) is 5.02 Å². The molecule has 0 radical (unpaired) electrons. The first kappa shape index (κ1) is 15.0. The second kappa shape index (κ2) is 7.39. The van der Waals surface area contributed by atoms with Gasteiger partial charge in [-0.25, -0.2) is 0 Å². The van der Waals surface area contributed by atoms with Crippen molar-refractivity contribution >= 4 is 17.5 Å². The molecule has 0 fully saturated rings. The average Bonchev–Trinajstić information content (AvgIpc) is 2.27. The minimum atomic E-state index is 0.0638. The van der Waals surface area contributed by atoms with Crippen LogP contribution in [0.25, 0.3) is 0 Å². The van der Waals surface area contributed by atoms with Gasteiger partial charge in [-0.1, -0.05) is 30.7 Å². The quantitative estimate of drug-likeness (QED) is 0.860. The van der Waals surface area contributed by atoms with Crippen LogP contribution in [0.1, 0.15) is 26.3 Å². The van der Waals surface area contributed by atoms with E-state index in [-0.39, 0.29) is 11.9 Å². The highest BCUT2D eigenvalue weighted by Gasteiger charge is 2.10. The second-order valence-corrected chi connectivity index (χ2v) is 5.09. The molecule has 100 valence electrons. The zero-order valence-corrected chi connectivity index (χ0v) is 12.0. The summed E-state index contributed by atoms with van der Waals surface area (Å²) >= 11 is 5.95. The van der Waals surface area contributed by atoms with Crippen molar-refractivity contribution in [2.45, 2.75) is 33.4 Å². The van der Waals surface area contributed by atoms with E-state index in [4.69, 9.17) is 11.6 Å². The number of likely N-dealkylation sites (N-methyl/N-ethyl adjacent to an activating group) is 1. The Labute approximate surface area is 114 Å². The van der Waals surface area contributed by atoms with Gasteiger partial charge in [-0.3, -0.25) is 9.69 Å². The summed E-state index contributed by atoms with van der Waals surface area (Å²) in [5, 5.41) is 3.63. The van der Waals surface area contributed by atoms with Gasteiger partial charge < -0.3 is 5.32 Å². The first-order chi connectivity index (χ1) is 8.51. The Morgan fingerprint density at radius 1 is 1.44 bits per heavy atom. The summed E-state index contributed by atoms with van der Waals surface area (Å²) in [4.78, 5) is 13.8. The number of nitrogens with zero attached hydrogens (tertiary/aromatic N) is 1. The highest BCUT2D eigenvalue weighted by Crippen LogP contribution is 2.12. The maximum Gasteiger partial charge on any atom is 0.234 e. The van der Waals surface area contributed by atoms with E-state index in [1.165, 1.54) is 0 Å². The van der Waals surface area contributed by atoms with Crippen molar-refractivity contribution in [3.05, 3.63) is 34.9 Å². The average molecular weight is 269 g/mol. The zero-order valence-electron chi connectivity index (χ0n) is 11.2. The Hall–Kier alpha value is -1.06. The van der Waals surface area contributed by atoms with E-state index >= 15 is 0 Å². The van der Waals surface area contributed by atoms with Gasteiger partial charge in [-0.15, -0.1) is 0 Å². The van der Waals surface area contributed by atoms with Crippen LogP contribution in [-0.2, 0) is 11.3 Å². The third-order valence-electron chi connectivity index (χ3n) is 2.56. The van der Waals surface area contributed by atoms with E-state index in [2.05, 4.69) is 10.2 Å². The minimum Gasteiger partial charge on any atom is -0.353 e. The molecule has 0 aliphatic carbocycles. The lowest BCUT2D eigenvalue weighted by molar-refractivity contribution is -0.122. The monoisotopic (exact) mass is 268 g/mol. The van der Waals surface area contributed by atoms with Gasteiger partial charge in [0.25, 0.3) is 0 Å². The number of carbonyl (C=O) groups is 1. The molecule has 0 aliphatic rings. The molecule has 0 aliphatic heterocycles. The Kier molecular flexibility index (Phi) is 6.16. The van der Waals surface area contributed by atoms with E-state index in [0.717, 1.165) is 23.7 Å². The number of halogens is 1. The molecule has 1 N–H and O–H groups in total. The number of benzene rings is 1. The second-order valence-electron chi connectivity index (χ2n) is 4.66. The molecule has 0 spiro atoms. The normalized spacial score (nSPS) is 11.0. The molecule has 0 saturated carbocycles. The third kappa shape index (κ3) is 5.52. The maximum absolute atomic E-state index is 11.7. The summed E-state index contributed by atoms with van der Waals surface area (Å²) in [6.07, 6.45) is 0. The van der Waals surface area contributed by atoms with E-state index in [9.17, 15) is 4.79 Å². The van der Waals surface area contributed by atoms with Crippen LogP contribution in [0.3, 0.4) is 0 Å². The fourth-order valence-electron chi connectivity index (χ4n) is 1.74. The van der Waals surface area contributed by atoms with Crippen LogP contribution in [0.4, 0.5) is 0 Å². The molecule has 0 saturated heterocycles. The summed E-state index contributed by atoms with van der Waals surface area (Å²) < 4.78 is 0. The number of hydrogen-bond donors (Lipinski definition) is 1. The molecule has 3 nitrogen and oxygen atoms in total. The smallest absolute Gasteiger partial charge is 0.234 e. The van der Waals surface area contributed by atoms with Crippen LogP contribution >= 0.6 is 11.6 Å². The molecule has 4 heteroatoms. The molecule has 0 unspecified atom stereocenters. The van der Waals surface area contributed by atoms with Crippen molar-refractivity contribution in [1.29, 1.82) is 0 Å². The molecule has 0 bridgehead atoms. The summed E-state index contributed by atoms with van der Waals surface area (Å²) in [6, 6.07) is 7.92. The summed E-state index contributed by atoms with van der Waals surface area (Å²) in [6.45, 7) is 7.96. The highest BCUT2D eigenvalue weighted by atomic mass is 35.5.